The second-order valence-corrected chi connectivity index (χ2v) is 13.1. The lowest BCUT2D eigenvalue weighted by molar-refractivity contribution is 0.0106. The number of anilines is 1. The molecule has 3 saturated heterocycles. The third-order valence-electron chi connectivity index (χ3n) is 8.32. The van der Waals surface area contributed by atoms with Crippen LogP contribution < -0.4 is 9.64 Å². The number of benzene rings is 1. The monoisotopic (exact) mass is 593 g/mol. The maximum atomic E-state index is 14.7. The zero-order chi connectivity index (χ0) is 26.9. The molecule has 0 unspecified atom stereocenters. The fourth-order valence-electron chi connectivity index (χ4n) is 6.37. The van der Waals surface area contributed by atoms with Crippen molar-refractivity contribution in [2.24, 2.45) is 0 Å². The third kappa shape index (κ3) is 4.69. The Morgan fingerprint density at radius 3 is 2.71 bits per heavy atom. The van der Waals surface area contributed by atoms with Gasteiger partial charge in [-0.15, -0.1) is 0 Å². The van der Waals surface area contributed by atoms with Crippen LogP contribution in [0.2, 0.25) is 0 Å². The Kier molecular flexibility index (Phi) is 6.25. The molecule has 4 heterocycles. The smallest absolute Gasteiger partial charge is 0.410 e. The molecule has 1 amide bonds. The Hall–Kier alpha value is -2.27. The molecular weight excluding hydrogens is 560 g/mol. The Balaban J connectivity index is 1.29. The number of nitrogens with zero attached hydrogens (tertiary/aromatic N) is 5. The first kappa shape index (κ1) is 26.0. The van der Waals surface area contributed by atoms with Crippen LogP contribution in [-0.2, 0) is 4.74 Å². The van der Waals surface area contributed by atoms with Crippen LogP contribution in [0.3, 0.4) is 0 Å². The second kappa shape index (κ2) is 9.15. The molecule has 206 valence electrons. The van der Waals surface area contributed by atoms with E-state index in [1.807, 2.05) is 25.7 Å². The topological polar surface area (TPSA) is 71.0 Å². The summed E-state index contributed by atoms with van der Waals surface area (Å²) in [6, 6.07) is 3.29. The molecule has 1 spiro atoms. The quantitative estimate of drug-likeness (QED) is 0.490. The molecule has 38 heavy (non-hydrogen) atoms. The third-order valence-corrected chi connectivity index (χ3v) is 8.93. The molecule has 4 aliphatic rings. The van der Waals surface area contributed by atoms with E-state index in [2.05, 4.69) is 30.7 Å². The highest BCUT2D eigenvalue weighted by Crippen LogP contribution is 2.46. The van der Waals surface area contributed by atoms with Gasteiger partial charge in [-0.3, -0.25) is 9.80 Å². The first-order valence-corrected chi connectivity index (χ1v) is 14.2. The summed E-state index contributed by atoms with van der Waals surface area (Å²) in [5.41, 5.74) is -0.650. The highest BCUT2D eigenvalue weighted by Gasteiger charge is 2.55. The summed E-state index contributed by atoms with van der Waals surface area (Å²) < 4.78 is 41.1. The Morgan fingerprint density at radius 2 is 1.97 bits per heavy atom. The summed E-state index contributed by atoms with van der Waals surface area (Å²) in [6.07, 6.45) is 2.97. The number of amides is 1. The summed E-state index contributed by atoms with van der Waals surface area (Å²) >= 11 is 3.28. The minimum atomic E-state index is -0.845. The Labute approximate surface area is 229 Å². The van der Waals surface area contributed by atoms with Gasteiger partial charge < -0.3 is 14.4 Å². The van der Waals surface area contributed by atoms with Gasteiger partial charge >= 0.3 is 12.1 Å². The van der Waals surface area contributed by atoms with Gasteiger partial charge in [0.2, 0.25) is 0 Å². The van der Waals surface area contributed by atoms with Crippen LogP contribution in [0.25, 0.3) is 10.9 Å². The number of aromatic nitrogens is 2. The zero-order valence-corrected chi connectivity index (χ0v) is 23.7. The molecule has 1 aliphatic carbocycles. The number of piperazine rings is 1. The van der Waals surface area contributed by atoms with E-state index in [1.165, 1.54) is 6.07 Å². The van der Waals surface area contributed by atoms with Crippen molar-refractivity contribution in [1.82, 2.24) is 19.8 Å². The van der Waals surface area contributed by atoms with E-state index >= 15 is 0 Å². The molecule has 2 atom stereocenters. The van der Waals surface area contributed by atoms with Crippen molar-refractivity contribution in [3.63, 3.8) is 0 Å². The first-order valence-electron chi connectivity index (χ1n) is 13.4. The standard InChI is InChI=1S/C27H34BrF2N5O3/c1-25(2,3)38-24(36)35-10-9-33(15-26(35)6-7-26)22-18-11-20(30)19(28)12-21(18)31-23(32-22)37-16-27-5-4-8-34(27)14-17(29)13-27/h11-12,17H,4-10,13-16H2,1-3H3/t17-,27+/m1/s1. The van der Waals surface area contributed by atoms with Gasteiger partial charge in [-0.05, 0) is 81.1 Å². The minimum Gasteiger partial charge on any atom is -0.461 e. The van der Waals surface area contributed by atoms with E-state index in [1.54, 1.807) is 6.07 Å². The molecule has 6 rings (SSSR count). The van der Waals surface area contributed by atoms with Gasteiger partial charge in [-0.1, -0.05) is 0 Å². The van der Waals surface area contributed by atoms with E-state index < -0.39 is 17.6 Å². The van der Waals surface area contributed by atoms with Crippen molar-refractivity contribution in [1.29, 1.82) is 0 Å². The fraction of sp³-hybridized carbons (Fsp3) is 0.667. The fourth-order valence-corrected chi connectivity index (χ4v) is 6.70. The molecule has 1 aromatic heterocycles. The molecular formula is C27H34BrF2N5O3. The average molecular weight is 595 g/mol. The van der Waals surface area contributed by atoms with Gasteiger partial charge in [0.1, 0.15) is 30.0 Å². The number of hydrogen-bond acceptors (Lipinski definition) is 7. The van der Waals surface area contributed by atoms with Gasteiger partial charge in [-0.25, -0.2) is 13.6 Å². The minimum absolute atomic E-state index is 0.203. The highest BCUT2D eigenvalue weighted by atomic mass is 79.9. The number of carbonyl (C=O) groups is 1. The van der Waals surface area contributed by atoms with E-state index in [0.29, 0.717) is 60.4 Å². The van der Waals surface area contributed by atoms with Crippen LogP contribution in [0.1, 0.15) is 52.9 Å². The van der Waals surface area contributed by atoms with Gasteiger partial charge in [-0.2, -0.15) is 9.97 Å². The average Bonchev–Trinajstić information content (AvgIpc) is 3.36. The Bertz CT molecular complexity index is 1270. The number of rotatable bonds is 4. The largest absolute Gasteiger partial charge is 0.461 e. The van der Waals surface area contributed by atoms with Gasteiger partial charge in [0.15, 0.2) is 0 Å². The number of carbonyl (C=O) groups excluding carboxylic acids is 1. The molecule has 0 bridgehead atoms. The van der Waals surface area contributed by atoms with Crippen LogP contribution >= 0.6 is 15.9 Å². The number of fused-ring (bicyclic) bond motifs is 2. The molecule has 1 aromatic carbocycles. The Morgan fingerprint density at radius 1 is 1.18 bits per heavy atom. The number of hydrogen-bond donors (Lipinski definition) is 0. The van der Waals surface area contributed by atoms with E-state index in [-0.39, 0.29) is 23.2 Å². The van der Waals surface area contributed by atoms with Gasteiger partial charge in [0.25, 0.3) is 0 Å². The maximum absolute atomic E-state index is 14.7. The van der Waals surface area contributed by atoms with Crippen LogP contribution in [0.5, 0.6) is 6.01 Å². The molecule has 1 saturated carbocycles. The van der Waals surface area contributed by atoms with Crippen LogP contribution in [0.4, 0.5) is 19.4 Å². The SMILES string of the molecule is CC(C)(C)OC(=O)N1CCN(c2nc(OC[C@@]34CCCN3C[C@H](F)C4)nc3cc(Br)c(F)cc23)CC12CC2. The van der Waals surface area contributed by atoms with Crippen molar-refractivity contribution in [2.75, 3.05) is 44.2 Å². The molecule has 4 fully saturated rings. The molecule has 8 nitrogen and oxygen atoms in total. The normalized spacial score (nSPS) is 26.7. The zero-order valence-electron chi connectivity index (χ0n) is 22.1. The van der Waals surface area contributed by atoms with Crippen molar-refractivity contribution in [3.05, 3.63) is 22.4 Å². The lowest BCUT2D eigenvalue weighted by atomic mass is 9.95. The van der Waals surface area contributed by atoms with Crippen molar-refractivity contribution in [3.8, 4) is 6.01 Å². The summed E-state index contributed by atoms with van der Waals surface area (Å²) in [5, 5.41) is 0.588. The van der Waals surface area contributed by atoms with Gasteiger partial charge in [0, 0.05) is 38.0 Å². The first-order chi connectivity index (χ1) is 18.0. The number of halogens is 3. The molecule has 2 aromatic rings. The number of ether oxygens (including phenoxy) is 2. The maximum Gasteiger partial charge on any atom is 0.410 e. The summed E-state index contributed by atoms with van der Waals surface area (Å²) in [6.45, 7) is 8.81. The predicted molar refractivity (Wildman–Crippen MR) is 143 cm³/mol. The lowest BCUT2D eigenvalue weighted by Gasteiger charge is -2.43. The van der Waals surface area contributed by atoms with E-state index in [0.717, 1.165) is 32.2 Å². The van der Waals surface area contributed by atoms with Crippen LogP contribution in [-0.4, -0.2) is 88.0 Å². The predicted octanol–water partition coefficient (Wildman–Crippen LogP) is 5.08. The summed E-state index contributed by atoms with van der Waals surface area (Å²) in [5.74, 6) is 0.187. The van der Waals surface area contributed by atoms with Crippen LogP contribution in [0, 0.1) is 5.82 Å². The summed E-state index contributed by atoms with van der Waals surface area (Å²) in [4.78, 5) is 28.5. The van der Waals surface area contributed by atoms with E-state index in [9.17, 15) is 13.6 Å². The van der Waals surface area contributed by atoms with Crippen molar-refractivity contribution < 1.29 is 23.0 Å². The highest BCUT2D eigenvalue weighted by molar-refractivity contribution is 9.10. The van der Waals surface area contributed by atoms with E-state index in [4.69, 9.17) is 14.5 Å². The number of alkyl halides is 1. The molecule has 11 heteroatoms. The van der Waals surface area contributed by atoms with Crippen molar-refractivity contribution in [2.45, 2.75) is 75.7 Å². The second-order valence-electron chi connectivity index (χ2n) is 12.3. The summed E-state index contributed by atoms with van der Waals surface area (Å²) in [7, 11) is 0. The molecule has 0 N–H and O–H groups in total. The van der Waals surface area contributed by atoms with Crippen molar-refractivity contribution >= 4 is 38.7 Å². The molecule has 3 aliphatic heterocycles. The molecule has 0 radical (unpaired) electrons. The van der Waals surface area contributed by atoms with Crippen LogP contribution in [0.15, 0.2) is 16.6 Å². The lowest BCUT2D eigenvalue weighted by Crippen LogP contribution is -2.58. The van der Waals surface area contributed by atoms with Gasteiger partial charge in [0.05, 0.1) is 21.1 Å².